The number of nitrogens with two attached hydrogens (primary N) is 1. The summed E-state index contributed by atoms with van der Waals surface area (Å²) >= 11 is 0. The molecule has 2 N–H and O–H groups in total. The van der Waals surface area contributed by atoms with Crippen molar-refractivity contribution in [3.8, 4) is 11.1 Å². The SMILES string of the molecule is Cc1cccc(-c2ccccc2C[C@@]2(C(N)=O)CCN(C(=O)c3ccccn3)C2)c1. The lowest BCUT2D eigenvalue weighted by Crippen LogP contribution is -2.42. The summed E-state index contributed by atoms with van der Waals surface area (Å²) in [7, 11) is 0. The van der Waals surface area contributed by atoms with Crippen molar-refractivity contribution in [2.45, 2.75) is 19.8 Å². The summed E-state index contributed by atoms with van der Waals surface area (Å²) in [4.78, 5) is 31.3. The summed E-state index contributed by atoms with van der Waals surface area (Å²) in [5.74, 6) is -0.524. The van der Waals surface area contributed by atoms with E-state index >= 15 is 0 Å². The third-order valence-electron chi connectivity index (χ3n) is 5.92. The zero-order valence-electron chi connectivity index (χ0n) is 17.0. The maximum Gasteiger partial charge on any atom is 0.272 e. The summed E-state index contributed by atoms with van der Waals surface area (Å²) < 4.78 is 0. The van der Waals surface area contributed by atoms with Crippen LogP contribution in [0.25, 0.3) is 11.1 Å². The van der Waals surface area contributed by atoms with Crippen molar-refractivity contribution >= 4 is 11.8 Å². The van der Waals surface area contributed by atoms with Gasteiger partial charge in [-0.15, -0.1) is 0 Å². The Bertz CT molecular complexity index is 1080. The van der Waals surface area contributed by atoms with E-state index in [9.17, 15) is 9.59 Å². The number of rotatable bonds is 5. The van der Waals surface area contributed by atoms with Crippen LogP contribution in [0.2, 0.25) is 0 Å². The molecular weight excluding hydrogens is 374 g/mol. The fourth-order valence-corrected chi connectivity index (χ4v) is 4.26. The average molecular weight is 399 g/mol. The van der Waals surface area contributed by atoms with E-state index < -0.39 is 5.41 Å². The van der Waals surface area contributed by atoms with Gasteiger partial charge in [-0.3, -0.25) is 14.6 Å². The van der Waals surface area contributed by atoms with Crippen LogP contribution in [0.4, 0.5) is 0 Å². The number of aryl methyl sites for hydroxylation is 1. The predicted molar refractivity (Wildman–Crippen MR) is 117 cm³/mol. The number of hydrogen-bond acceptors (Lipinski definition) is 3. The molecule has 5 heteroatoms. The zero-order chi connectivity index (χ0) is 21.1. The van der Waals surface area contributed by atoms with Gasteiger partial charge in [0.05, 0.1) is 5.41 Å². The first-order chi connectivity index (χ1) is 14.5. The number of amides is 2. The lowest BCUT2D eigenvalue weighted by Gasteiger charge is -2.27. The molecule has 1 atom stereocenters. The van der Waals surface area contributed by atoms with Crippen LogP contribution in [0.5, 0.6) is 0 Å². The Morgan fingerprint density at radius 2 is 1.87 bits per heavy atom. The summed E-state index contributed by atoms with van der Waals surface area (Å²) in [5.41, 5.74) is 9.96. The van der Waals surface area contributed by atoms with Crippen LogP contribution in [0.15, 0.2) is 72.9 Å². The van der Waals surface area contributed by atoms with Crippen LogP contribution >= 0.6 is 0 Å². The Morgan fingerprint density at radius 3 is 2.60 bits per heavy atom. The number of aromatic nitrogens is 1. The van der Waals surface area contributed by atoms with Crippen molar-refractivity contribution in [3.05, 3.63) is 89.7 Å². The molecule has 30 heavy (non-hydrogen) atoms. The second kappa shape index (κ2) is 8.11. The van der Waals surface area contributed by atoms with Gasteiger partial charge in [-0.25, -0.2) is 0 Å². The van der Waals surface area contributed by atoms with E-state index in [1.807, 2.05) is 24.3 Å². The van der Waals surface area contributed by atoms with Gasteiger partial charge in [0.2, 0.25) is 5.91 Å². The van der Waals surface area contributed by atoms with Crippen LogP contribution in [0.3, 0.4) is 0 Å². The van der Waals surface area contributed by atoms with E-state index in [-0.39, 0.29) is 11.8 Å². The molecule has 0 saturated carbocycles. The minimum atomic E-state index is -0.787. The molecule has 1 fully saturated rings. The quantitative estimate of drug-likeness (QED) is 0.712. The third kappa shape index (κ3) is 3.83. The average Bonchev–Trinajstić information content (AvgIpc) is 3.20. The van der Waals surface area contributed by atoms with Gasteiger partial charge in [0.1, 0.15) is 5.69 Å². The first-order valence-corrected chi connectivity index (χ1v) is 10.1. The second-order valence-corrected chi connectivity index (χ2v) is 8.04. The summed E-state index contributed by atoms with van der Waals surface area (Å²) in [6.45, 7) is 2.86. The van der Waals surface area contributed by atoms with Gasteiger partial charge in [0.25, 0.3) is 5.91 Å². The number of nitrogens with zero attached hydrogens (tertiary/aromatic N) is 2. The monoisotopic (exact) mass is 399 g/mol. The molecule has 1 aromatic heterocycles. The van der Waals surface area contributed by atoms with Crippen LogP contribution in [0, 0.1) is 12.3 Å². The molecule has 1 aliphatic heterocycles. The smallest absolute Gasteiger partial charge is 0.272 e. The molecule has 1 saturated heterocycles. The highest BCUT2D eigenvalue weighted by molar-refractivity contribution is 5.93. The molecule has 152 valence electrons. The van der Waals surface area contributed by atoms with Crippen LogP contribution in [-0.4, -0.2) is 34.8 Å². The molecule has 0 bridgehead atoms. The predicted octanol–water partition coefficient (Wildman–Crippen LogP) is 3.62. The van der Waals surface area contributed by atoms with Crippen LogP contribution in [0.1, 0.15) is 28.0 Å². The lowest BCUT2D eigenvalue weighted by atomic mass is 9.78. The molecule has 0 aliphatic carbocycles. The first kappa shape index (κ1) is 19.8. The normalized spacial score (nSPS) is 18.4. The number of benzene rings is 2. The van der Waals surface area contributed by atoms with Gasteiger partial charge < -0.3 is 10.6 Å². The Balaban J connectivity index is 1.63. The molecule has 0 spiro atoms. The number of carbonyl (C=O) groups excluding carboxylic acids is 2. The molecule has 4 rings (SSSR count). The standard InChI is InChI=1S/C25H25N3O2/c1-18-7-6-9-19(15-18)21-10-3-2-8-20(21)16-25(24(26)30)12-14-28(17-25)23(29)22-11-4-5-13-27-22/h2-11,13,15H,12,14,16-17H2,1H3,(H2,26,30)/t25-/m0/s1. The highest BCUT2D eigenvalue weighted by Gasteiger charge is 2.45. The third-order valence-corrected chi connectivity index (χ3v) is 5.92. The molecule has 5 nitrogen and oxygen atoms in total. The number of likely N-dealkylation sites (tertiary alicyclic amines) is 1. The Hall–Kier alpha value is -3.47. The molecule has 3 aromatic rings. The molecule has 0 unspecified atom stereocenters. The van der Waals surface area contributed by atoms with Gasteiger partial charge in [-0.05, 0) is 48.6 Å². The van der Waals surface area contributed by atoms with E-state index in [0.717, 1.165) is 16.7 Å². The maximum absolute atomic E-state index is 12.8. The van der Waals surface area contributed by atoms with Crippen molar-refractivity contribution in [1.29, 1.82) is 0 Å². The van der Waals surface area contributed by atoms with Crippen LogP contribution < -0.4 is 5.73 Å². The minimum absolute atomic E-state index is 0.161. The molecule has 2 amide bonds. The summed E-state index contributed by atoms with van der Waals surface area (Å²) in [5, 5.41) is 0. The van der Waals surface area contributed by atoms with E-state index in [0.29, 0.717) is 31.6 Å². The lowest BCUT2D eigenvalue weighted by molar-refractivity contribution is -0.126. The summed E-state index contributed by atoms with van der Waals surface area (Å²) in [6.07, 6.45) is 2.64. The van der Waals surface area contributed by atoms with E-state index in [1.165, 1.54) is 5.56 Å². The minimum Gasteiger partial charge on any atom is -0.369 e. The number of carbonyl (C=O) groups is 2. The van der Waals surface area contributed by atoms with Crippen molar-refractivity contribution in [2.24, 2.45) is 11.1 Å². The number of pyridine rings is 1. The maximum atomic E-state index is 12.8. The number of primary amides is 1. The molecular formula is C25H25N3O2. The second-order valence-electron chi connectivity index (χ2n) is 8.04. The first-order valence-electron chi connectivity index (χ1n) is 10.1. The Morgan fingerprint density at radius 1 is 1.07 bits per heavy atom. The van der Waals surface area contributed by atoms with Gasteiger partial charge in [0.15, 0.2) is 0 Å². The van der Waals surface area contributed by atoms with Crippen molar-refractivity contribution in [1.82, 2.24) is 9.88 Å². The fourth-order valence-electron chi connectivity index (χ4n) is 4.26. The fraction of sp³-hybridized carbons (Fsp3) is 0.240. The van der Waals surface area contributed by atoms with Crippen molar-refractivity contribution in [3.63, 3.8) is 0 Å². The van der Waals surface area contributed by atoms with Crippen LogP contribution in [-0.2, 0) is 11.2 Å². The Labute approximate surface area is 176 Å². The van der Waals surface area contributed by atoms with Gasteiger partial charge in [0, 0.05) is 19.3 Å². The van der Waals surface area contributed by atoms with Gasteiger partial charge >= 0.3 is 0 Å². The van der Waals surface area contributed by atoms with Gasteiger partial charge in [-0.1, -0.05) is 60.2 Å². The van der Waals surface area contributed by atoms with Gasteiger partial charge in [-0.2, -0.15) is 0 Å². The highest BCUT2D eigenvalue weighted by atomic mass is 16.2. The molecule has 0 radical (unpaired) electrons. The van der Waals surface area contributed by atoms with E-state index in [2.05, 4.69) is 36.2 Å². The number of hydrogen-bond donors (Lipinski definition) is 1. The highest BCUT2D eigenvalue weighted by Crippen LogP contribution is 2.37. The topological polar surface area (TPSA) is 76.3 Å². The molecule has 2 aromatic carbocycles. The zero-order valence-corrected chi connectivity index (χ0v) is 17.0. The molecule has 1 aliphatic rings. The van der Waals surface area contributed by atoms with E-state index in [4.69, 9.17) is 5.73 Å². The van der Waals surface area contributed by atoms with Crippen molar-refractivity contribution in [2.75, 3.05) is 13.1 Å². The molecule has 2 heterocycles. The largest absolute Gasteiger partial charge is 0.369 e. The summed E-state index contributed by atoms with van der Waals surface area (Å²) in [6, 6.07) is 21.7. The van der Waals surface area contributed by atoms with Crippen molar-refractivity contribution < 1.29 is 9.59 Å². The van der Waals surface area contributed by atoms with E-state index in [1.54, 1.807) is 29.3 Å². The Kier molecular flexibility index (Phi) is 5.36.